The SMILES string of the molecule is CCc1ccccc1CNC1CCOC2(CCOC2)C1. The van der Waals surface area contributed by atoms with Gasteiger partial charge in [-0.25, -0.2) is 0 Å². The standard InChI is InChI=1S/C17H25NO2/c1-2-14-5-3-4-6-15(14)12-18-16-7-9-20-17(11-16)8-10-19-13-17/h3-6,16,18H,2,7-13H2,1H3. The van der Waals surface area contributed by atoms with Crippen LogP contribution in [0.3, 0.4) is 0 Å². The topological polar surface area (TPSA) is 30.5 Å². The van der Waals surface area contributed by atoms with Crippen LogP contribution in [0.4, 0.5) is 0 Å². The first-order valence-electron chi connectivity index (χ1n) is 7.83. The van der Waals surface area contributed by atoms with E-state index in [2.05, 4.69) is 36.5 Å². The van der Waals surface area contributed by atoms with Gasteiger partial charge in [0.1, 0.15) is 0 Å². The van der Waals surface area contributed by atoms with Gasteiger partial charge in [0, 0.05) is 32.2 Å². The van der Waals surface area contributed by atoms with Gasteiger partial charge in [0.25, 0.3) is 0 Å². The molecule has 3 heteroatoms. The first kappa shape index (κ1) is 14.1. The minimum absolute atomic E-state index is 0.000189. The van der Waals surface area contributed by atoms with Gasteiger partial charge >= 0.3 is 0 Å². The Kier molecular flexibility index (Phi) is 4.39. The molecule has 2 fully saturated rings. The molecule has 2 atom stereocenters. The third-order valence-electron chi connectivity index (χ3n) is 4.64. The van der Waals surface area contributed by atoms with E-state index in [1.165, 1.54) is 11.1 Å². The zero-order valence-corrected chi connectivity index (χ0v) is 12.4. The van der Waals surface area contributed by atoms with Crippen LogP contribution in [0, 0.1) is 0 Å². The van der Waals surface area contributed by atoms with Gasteiger partial charge in [-0.05, 0) is 30.4 Å². The van der Waals surface area contributed by atoms with Crippen molar-refractivity contribution < 1.29 is 9.47 Å². The molecule has 3 nitrogen and oxygen atoms in total. The number of rotatable bonds is 4. The molecule has 0 aromatic heterocycles. The Labute approximate surface area is 121 Å². The molecule has 2 saturated heterocycles. The Morgan fingerprint density at radius 2 is 2.10 bits per heavy atom. The number of benzene rings is 1. The number of nitrogens with one attached hydrogen (secondary N) is 1. The van der Waals surface area contributed by atoms with Crippen LogP contribution < -0.4 is 5.32 Å². The highest BCUT2D eigenvalue weighted by Gasteiger charge is 2.40. The summed E-state index contributed by atoms with van der Waals surface area (Å²) < 4.78 is 11.5. The highest BCUT2D eigenvalue weighted by molar-refractivity contribution is 5.26. The summed E-state index contributed by atoms with van der Waals surface area (Å²) in [7, 11) is 0. The summed E-state index contributed by atoms with van der Waals surface area (Å²) in [6.45, 7) is 5.67. The summed E-state index contributed by atoms with van der Waals surface area (Å²) in [5.41, 5.74) is 2.88. The molecule has 1 spiro atoms. The molecule has 0 saturated carbocycles. The van der Waals surface area contributed by atoms with E-state index in [4.69, 9.17) is 9.47 Å². The molecule has 1 aromatic carbocycles. The lowest BCUT2D eigenvalue weighted by Crippen LogP contribution is -2.47. The van der Waals surface area contributed by atoms with Gasteiger partial charge in [-0.15, -0.1) is 0 Å². The van der Waals surface area contributed by atoms with Crippen molar-refractivity contribution in [3.05, 3.63) is 35.4 Å². The molecular formula is C17H25NO2. The van der Waals surface area contributed by atoms with Crippen LogP contribution in [-0.2, 0) is 22.4 Å². The van der Waals surface area contributed by atoms with Crippen molar-refractivity contribution in [1.82, 2.24) is 5.32 Å². The van der Waals surface area contributed by atoms with Gasteiger partial charge in [-0.1, -0.05) is 31.2 Å². The summed E-state index contributed by atoms with van der Waals surface area (Å²) in [5, 5.41) is 3.73. The average molecular weight is 275 g/mol. The van der Waals surface area contributed by atoms with Gasteiger partial charge in [0.05, 0.1) is 12.2 Å². The minimum Gasteiger partial charge on any atom is -0.378 e. The average Bonchev–Trinajstić information content (AvgIpc) is 2.93. The molecule has 20 heavy (non-hydrogen) atoms. The number of hydrogen-bond donors (Lipinski definition) is 1. The molecule has 2 unspecified atom stereocenters. The van der Waals surface area contributed by atoms with Crippen molar-refractivity contribution in [2.75, 3.05) is 19.8 Å². The van der Waals surface area contributed by atoms with Crippen LogP contribution in [0.1, 0.15) is 37.3 Å². The van der Waals surface area contributed by atoms with Gasteiger partial charge in [0.2, 0.25) is 0 Å². The molecule has 1 N–H and O–H groups in total. The van der Waals surface area contributed by atoms with Gasteiger partial charge < -0.3 is 14.8 Å². The maximum absolute atomic E-state index is 5.99. The molecule has 110 valence electrons. The monoisotopic (exact) mass is 275 g/mol. The Hall–Kier alpha value is -0.900. The second-order valence-corrected chi connectivity index (χ2v) is 6.03. The molecular weight excluding hydrogens is 250 g/mol. The van der Waals surface area contributed by atoms with Crippen LogP contribution in [0.15, 0.2) is 24.3 Å². The summed E-state index contributed by atoms with van der Waals surface area (Å²) in [6, 6.07) is 9.27. The first-order chi connectivity index (χ1) is 9.81. The second-order valence-electron chi connectivity index (χ2n) is 6.03. The van der Waals surface area contributed by atoms with E-state index < -0.39 is 0 Å². The van der Waals surface area contributed by atoms with E-state index in [0.29, 0.717) is 6.04 Å². The Morgan fingerprint density at radius 1 is 1.25 bits per heavy atom. The first-order valence-corrected chi connectivity index (χ1v) is 7.83. The van der Waals surface area contributed by atoms with E-state index >= 15 is 0 Å². The van der Waals surface area contributed by atoms with Crippen molar-refractivity contribution in [3.8, 4) is 0 Å². The summed E-state index contributed by atoms with van der Waals surface area (Å²) >= 11 is 0. The van der Waals surface area contributed by atoms with Crippen molar-refractivity contribution in [2.24, 2.45) is 0 Å². The second kappa shape index (κ2) is 6.25. The fourth-order valence-corrected chi connectivity index (χ4v) is 3.39. The summed E-state index contributed by atoms with van der Waals surface area (Å²) in [4.78, 5) is 0. The lowest BCUT2D eigenvalue weighted by molar-refractivity contribution is -0.0894. The van der Waals surface area contributed by atoms with E-state index in [0.717, 1.165) is 52.0 Å². The zero-order valence-electron chi connectivity index (χ0n) is 12.4. The zero-order chi connectivity index (χ0) is 13.8. The number of aryl methyl sites for hydroxylation is 1. The Balaban J connectivity index is 1.58. The predicted octanol–water partition coefficient (Wildman–Crippen LogP) is 2.68. The fraction of sp³-hybridized carbons (Fsp3) is 0.647. The predicted molar refractivity (Wildman–Crippen MR) is 79.8 cm³/mol. The van der Waals surface area contributed by atoms with Crippen LogP contribution in [0.25, 0.3) is 0 Å². The highest BCUT2D eigenvalue weighted by atomic mass is 16.6. The summed E-state index contributed by atoms with van der Waals surface area (Å²) in [6.07, 6.45) is 4.34. The molecule has 3 rings (SSSR count). The summed E-state index contributed by atoms with van der Waals surface area (Å²) in [5.74, 6) is 0. The third-order valence-corrected chi connectivity index (χ3v) is 4.64. The molecule has 0 bridgehead atoms. The largest absolute Gasteiger partial charge is 0.378 e. The van der Waals surface area contributed by atoms with Gasteiger partial charge in [-0.2, -0.15) is 0 Å². The van der Waals surface area contributed by atoms with E-state index in [1.54, 1.807) is 0 Å². The highest BCUT2D eigenvalue weighted by Crippen LogP contribution is 2.32. The van der Waals surface area contributed by atoms with E-state index in [1.807, 2.05) is 0 Å². The molecule has 2 aliphatic rings. The molecule has 0 amide bonds. The van der Waals surface area contributed by atoms with Crippen LogP contribution >= 0.6 is 0 Å². The van der Waals surface area contributed by atoms with Crippen LogP contribution in [0.5, 0.6) is 0 Å². The molecule has 1 aromatic rings. The fourth-order valence-electron chi connectivity index (χ4n) is 3.39. The van der Waals surface area contributed by atoms with Crippen LogP contribution in [-0.4, -0.2) is 31.5 Å². The lowest BCUT2D eigenvalue weighted by atomic mass is 9.89. The van der Waals surface area contributed by atoms with Crippen molar-refractivity contribution >= 4 is 0 Å². The normalized spacial score (nSPS) is 29.9. The number of hydrogen-bond acceptors (Lipinski definition) is 3. The lowest BCUT2D eigenvalue weighted by Gasteiger charge is -2.37. The number of ether oxygens (including phenoxy) is 2. The van der Waals surface area contributed by atoms with E-state index in [-0.39, 0.29) is 5.60 Å². The quantitative estimate of drug-likeness (QED) is 0.916. The van der Waals surface area contributed by atoms with Gasteiger partial charge in [0.15, 0.2) is 0 Å². The molecule has 0 aliphatic carbocycles. The smallest absolute Gasteiger partial charge is 0.0951 e. The van der Waals surface area contributed by atoms with Gasteiger partial charge in [-0.3, -0.25) is 0 Å². The van der Waals surface area contributed by atoms with E-state index in [9.17, 15) is 0 Å². The molecule has 2 heterocycles. The maximum Gasteiger partial charge on any atom is 0.0951 e. The molecule has 0 radical (unpaired) electrons. The Morgan fingerprint density at radius 3 is 2.85 bits per heavy atom. The van der Waals surface area contributed by atoms with Crippen molar-refractivity contribution in [1.29, 1.82) is 0 Å². The van der Waals surface area contributed by atoms with Crippen molar-refractivity contribution in [2.45, 2.75) is 50.8 Å². The minimum atomic E-state index is 0.000189. The van der Waals surface area contributed by atoms with Crippen molar-refractivity contribution in [3.63, 3.8) is 0 Å². The Bertz CT molecular complexity index is 440. The third kappa shape index (κ3) is 3.05. The molecule has 2 aliphatic heterocycles. The maximum atomic E-state index is 5.99. The van der Waals surface area contributed by atoms with Crippen LogP contribution in [0.2, 0.25) is 0 Å².